The number of rotatable bonds is 3. The van der Waals surface area contributed by atoms with Crippen LogP contribution in [0.5, 0.6) is 0 Å². The third kappa shape index (κ3) is 4.00. The third-order valence-electron chi connectivity index (χ3n) is 3.50. The van der Waals surface area contributed by atoms with Gasteiger partial charge in [0.2, 0.25) is 0 Å². The minimum absolute atomic E-state index is 0.0888. The Bertz CT molecular complexity index is 423. The maximum Gasteiger partial charge on any atom is 0.471 e. The van der Waals surface area contributed by atoms with Crippen LogP contribution in [0, 0.1) is 5.92 Å². The molecule has 4 nitrogen and oxygen atoms in total. The first-order valence-electron chi connectivity index (χ1n) is 6.67. The molecule has 2 rings (SSSR count). The largest absolute Gasteiger partial charge is 0.471 e. The molecule has 0 atom stereocenters. The fraction of sp³-hybridized carbons (Fsp3) is 0.615. The van der Waals surface area contributed by atoms with Crippen molar-refractivity contribution in [3.8, 4) is 0 Å². The van der Waals surface area contributed by atoms with E-state index in [0.29, 0.717) is 12.5 Å². The molecule has 0 bridgehead atoms. The SMILES string of the molecule is O=C(NCC1=CCNC(C2CCNCC2)=C1)C(F)(F)F. The maximum absolute atomic E-state index is 12.1. The minimum atomic E-state index is -4.82. The van der Waals surface area contributed by atoms with Gasteiger partial charge in [-0.2, -0.15) is 13.2 Å². The van der Waals surface area contributed by atoms with Crippen molar-refractivity contribution in [2.75, 3.05) is 26.2 Å². The van der Waals surface area contributed by atoms with Gasteiger partial charge in [-0.05, 0) is 37.6 Å². The molecule has 0 saturated carbocycles. The molecule has 2 aliphatic heterocycles. The molecule has 1 fully saturated rings. The summed E-state index contributed by atoms with van der Waals surface area (Å²) in [6, 6.07) is 0. The number of amides is 1. The first-order valence-corrected chi connectivity index (χ1v) is 6.67. The summed E-state index contributed by atoms with van der Waals surface area (Å²) in [6.45, 7) is 2.41. The lowest BCUT2D eigenvalue weighted by molar-refractivity contribution is -0.173. The molecule has 1 saturated heterocycles. The number of hydrogen-bond donors (Lipinski definition) is 3. The highest BCUT2D eigenvalue weighted by Gasteiger charge is 2.38. The van der Waals surface area contributed by atoms with E-state index < -0.39 is 12.1 Å². The molecule has 0 unspecified atom stereocenters. The first-order chi connectivity index (χ1) is 9.47. The van der Waals surface area contributed by atoms with Crippen LogP contribution in [-0.4, -0.2) is 38.3 Å². The molecule has 2 aliphatic rings. The van der Waals surface area contributed by atoms with Crippen molar-refractivity contribution in [1.29, 1.82) is 0 Å². The van der Waals surface area contributed by atoms with Crippen LogP contribution in [0.1, 0.15) is 12.8 Å². The van der Waals surface area contributed by atoms with Crippen molar-refractivity contribution < 1.29 is 18.0 Å². The number of allylic oxidation sites excluding steroid dienone is 1. The van der Waals surface area contributed by atoms with Crippen LogP contribution in [0.3, 0.4) is 0 Å². The maximum atomic E-state index is 12.1. The summed E-state index contributed by atoms with van der Waals surface area (Å²) < 4.78 is 36.3. The lowest BCUT2D eigenvalue weighted by Crippen LogP contribution is -2.38. The van der Waals surface area contributed by atoms with Crippen molar-refractivity contribution in [3.05, 3.63) is 23.4 Å². The molecule has 0 aromatic carbocycles. The fourth-order valence-corrected chi connectivity index (χ4v) is 2.41. The van der Waals surface area contributed by atoms with E-state index in [4.69, 9.17) is 0 Å². The lowest BCUT2D eigenvalue weighted by atomic mass is 9.92. The highest BCUT2D eigenvalue weighted by molar-refractivity contribution is 5.81. The van der Waals surface area contributed by atoms with Crippen molar-refractivity contribution in [2.24, 2.45) is 5.92 Å². The van der Waals surface area contributed by atoms with Gasteiger partial charge in [-0.25, -0.2) is 0 Å². The molecule has 3 N–H and O–H groups in total. The highest BCUT2D eigenvalue weighted by Crippen LogP contribution is 2.22. The second-order valence-electron chi connectivity index (χ2n) is 4.96. The summed E-state index contributed by atoms with van der Waals surface area (Å²) in [4.78, 5) is 10.8. The standard InChI is InChI=1S/C13H18F3N3O/c14-13(15,16)12(20)19-8-9-1-6-18-11(7-9)10-2-4-17-5-3-10/h1,7,10,17-18H,2-6,8H2,(H,19,20). The van der Waals surface area contributed by atoms with Gasteiger partial charge in [-0.3, -0.25) is 4.79 Å². The van der Waals surface area contributed by atoms with Gasteiger partial charge in [0, 0.05) is 24.7 Å². The van der Waals surface area contributed by atoms with E-state index in [1.807, 2.05) is 11.4 Å². The summed E-state index contributed by atoms with van der Waals surface area (Å²) in [6.07, 6.45) is 0.856. The Morgan fingerprint density at radius 3 is 2.70 bits per heavy atom. The summed E-state index contributed by atoms with van der Waals surface area (Å²) in [5.74, 6) is -1.48. The molecule has 2 heterocycles. The molecule has 1 amide bonds. The molecule has 0 radical (unpaired) electrons. The number of carbonyl (C=O) groups excluding carboxylic acids is 1. The number of hydrogen-bond acceptors (Lipinski definition) is 3. The Labute approximate surface area is 115 Å². The van der Waals surface area contributed by atoms with E-state index in [-0.39, 0.29) is 6.54 Å². The Hall–Kier alpha value is -1.50. The average molecular weight is 289 g/mol. The van der Waals surface area contributed by atoms with Crippen LogP contribution >= 0.6 is 0 Å². The lowest BCUT2D eigenvalue weighted by Gasteiger charge is -2.28. The Balaban J connectivity index is 1.90. The number of nitrogens with one attached hydrogen (secondary N) is 3. The Morgan fingerprint density at radius 2 is 2.05 bits per heavy atom. The molecule has 112 valence electrons. The molecule has 0 aromatic rings. The number of dihydropyridines is 1. The summed E-state index contributed by atoms with van der Waals surface area (Å²) in [7, 11) is 0. The van der Waals surface area contributed by atoms with Crippen molar-refractivity contribution in [2.45, 2.75) is 19.0 Å². The van der Waals surface area contributed by atoms with E-state index >= 15 is 0 Å². The van der Waals surface area contributed by atoms with Gasteiger partial charge in [0.1, 0.15) is 0 Å². The van der Waals surface area contributed by atoms with E-state index in [9.17, 15) is 18.0 Å². The first kappa shape index (κ1) is 14.9. The zero-order valence-electron chi connectivity index (χ0n) is 11.0. The number of piperidine rings is 1. The Morgan fingerprint density at radius 1 is 1.35 bits per heavy atom. The van der Waals surface area contributed by atoms with Crippen LogP contribution in [-0.2, 0) is 4.79 Å². The van der Waals surface area contributed by atoms with Gasteiger partial charge in [-0.1, -0.05) is 6.08 Å². The average Bonchev–Trinajstić information content (AvgIpc) is 2.45. The topological polar surface area (TPSA) is 53.2 Å². The number of carbonyl (C=O) groups is 1. The molecule has 0 spiro atoms. The summed E-state index contributed by atoms with van der Waals surface area (Å²) in [5.41, 5.74) is 1.78. The normalized spacial score (nSPS) is 20.8. The van der Waals surface area contributed by atoms with Gasteiger partial charge in [0.15, 0.2) is 0 Å². The van der Waals surface area contributed by atoms with Gasteiger partial charge >= 0.3 is 12.1 Å². The van der Waals surface area contributed by atoms with Crippen LogP contribution in [0.2, 0.25) is 0 Å². The predicted octanol–water partition coefficient (Wildman–Crippen LogP) is 1.08. The summed E-state index contributed by atoms with van der Waals surface area (Å²) >= 11 is 0. The van der Waals surface area contributed by atoms with E-state index in [2.05, 4.69) is 10.6 Å². The molecule has 0 aliphatic carbocycles. The quantitative estimate of drug-likeness (QED) is 0.729. The molecule has 7 heteroatoms. The Kier molecular flexibility index (Phi) is 4.69. The zero-order valence-corrected chi connectivity index (χ0v) is 11.0. The van der Waals surface area contributed by atoms with Crippen LogP contribution in [0.25, 0.3) is 0 Å². The van der Waals surface area contributed by atoms with Crippen LogP contribution < -0.4 is 16.0 Å². The van der Waals surface area contributed by atoms with Gasteiger partial charge in [0.05, 0.1) is 0 Å². The minimum Gasteiger partial charge on any atom is -0.385 e. The second-order valence-corrected chi connectivity index (χ2v) is 4.96. The fourth-order valence-electron chi connectivity index (χ4n) is 2.41. The summed E-state index contributed by atoms with van der Waals surface area (Å²) in [5, 5.41) is 8.43. The smallest absolute Gasteiger partial charge is 0.385 e. The monoisotopic (exact) mass is 289 g/mol. The second kappa shape index (κ2) is 6.30. The third-order valence-corrected chi connectivity index (χ3v) is 3.50. The zero-order chi connectivity index (χ0) is 14.6. The molecule has 0 aromatic heterocycles. The van der Waals surface area contributed by atoms with E-state index in [1.54, 1.807) is 6.08 Å². The molecular weight excluding hydrogens is 271 g/mol. The van der Waals surface area contributed by atoms with E-state index in [1.165, 1.54) is 0 Å². The van der Waals surface area contributed by atoms with E-state index in [0.717, 1.165) is 37.2 Å². The van der Waals surface area contributed by atoms with Crippen LogP contribution in [0.4, 0.5) is 13.2 Å². The van der Waals surface area contributed by atoms with Crippen molar-refractivity contribution in [3.63, 3.8) is 0 Å². The van der Waals surface area contributed by atoms with Crippen molar-refractivity contribution in [1.82, 2.24) is 16.0 Å². The highest BCUT2D eigenvalue weighted by atomic mass is 19.4. The van der Waals surface area contributed by atoms with Gasteiger partial charge < -0.3 is 16.0 Å². The van der Waals surface area contributed by atoms with Gasteiger partial charge in [0.25, 0.3) is 0 Å². The predicted molar refractivity (Wildman–Crippen MR) is 68.8 cm³/mol. The molecular formula is C13H18F3N3O. The number of halogens is 3. The van der Waals surface area contributed by atoms with Gasteiger partial charge in [-0.15, -0.1) is 0 Å². The molecule has 20 heavy (non-hydrogen) atoms. The van der Waals surface area contributed by atoms with Crippen molar-refractivity contribution >= 4 is 5.91 Å². The van der Waals surface area contributed by atoms with Crippen LogP contribution in [0.15, 0.2) is 23.4 Å². The number of alkyl halides is 3.